The van der Waals surface area contributed by atoms with E-state index in [-0.39, 0.29) is 79.1 Å². The fourth-order valence-electron chi connectivity index (χ4n) is 20.5. The molecule has 9 aliphatic rings. The van der Waals surface area contributed by atoms with E-state index in [2.05, 4.69) is 139 Å². The number of azide groups is 1. The summed E-state index contributed by atoms with van der Waals surface area (Å²) in [6.45, 7) is 55.2. The molecule has 92 heavy (non-hydrogen) atoms. The third-order valence-electron chi connectivity index (χ3n) is 29.0. The van der Waals surface area contributed by atoms with Gasteiger partial charge in [0.05, 0.1) is 18.3 Å². The normalized spacial score (nSPS) is 41.4. The van der Waals surface area contributed by atoms with E-state index in [1.807, 2.05) is 0 Å². The quantitative estimate of drug-likeness (QED) is 0.0225. The van der Waals surface area contributed by atoms with Gasteiger partial charge in [-0.25, -0.2) is 0 Å². The number of rotatable bonds is 15. The van der Waals surface area contributed by atoms with E-state index < -0.39 is 22.6 Å². The van der Waals surface area contributed by atoms with Gasteiger partial charge in [-0.2, -0.15) is 0 Å². The van der Waals surface area contributed by atoms with Crippen LogP contribution >= 0.6 is 0 Å². The Morgan fingerprint density at radius 1 is 0.554 bits per heavy atom. The summed E-state index contributed by atoms with van der Waals surface area (Å²) in [6.07, 6.45) is 25.2. The third kappa shape index (κ3) is 16.5. The fraction of sp³-hybridized carbons (Fsp3) is 0.895. The van der Waals surface area contributed by atoms with Crippen LogP contribution in [0.4, 0.5) is 0 Å². The molecule has 0 amide bonds. The number of ether oxygens (including phenoxy) is 1. The molecule has 9 rings (SSSR count). The maximum atomic E-state index is 12.3. The maximum Gasteiger partial charge on any atom is 0.302 e. The Bertz CT molecular complexity index is 2590. The van der Waals surface area contributed by atoms with Crippen molar-refractivity contribution in [3.63, 3.8) is 0 Å². The summed E-state index contributed by atoms with van der Waals surface area (Å²) < 4.78 is 19.9. The first-order chi connectivity index (χ1) is 42.5. The van der Waals surface area contributed by atoms with E-state index in [0.29, 0.717) is 72.5 Å². The van der Waals surface area contributed by atoms with Crippen LogP contribution in [-0.2, 0) is 23.2 Å². The second-order valence-electron chi connectivity index (χ2n) is 36.0. The van der Waals surface area contributed by atoms with Crippen molar-refractivity contribution < 1.29 is 43.6 Å². The van der Waals surface area contributed by atoms with E-state index in [1.165, 1.54) is 23.1 Å². The molecule has 8 N–H and O–H groups in total. The monoisotopic (exact) mass is 1320 g/mol. The number of carbonyl (C=O) groups excluding carboxylic acids is 1. The molecule has 0 aromatic heterocycles. The summed E-state index contributed by atoms with van der Waals surface area (Å²) in [5, 5.41) is 44.7. The molecule has 14 nitrogen and oxygen atoms in total. The van der Waals surface area contributed by atoms with Gasteiger partial charge in [-0.15, -0.1) is 0 Å². The molecule has 21 atom stereocenters. The minimum atomic E-state index is -1.88. The number of aliphatic carboxylic acids is 1. The average Bonchev–Trinajstić information content (AvgIpc) is 1.35. The predicted molar refractivity (Wildman–Crippen MR) is 381 cm³/mol. The van der Waals surface area contributed by atoms with Crippen LogP contribution in [0.2, 0.25) is 36.3 Å². The number of carbonyl (C=O) groups is 2. The van der Waals surface area contributed by atoms with E-state index in [0.717, 1.165) is 161 Å². The third-order valence-corrected chi connectivity index (χ3v) is 38.1. The second-order valence-corrected chi connectivity index (χ2v) is 45.5. The number of hydrogen-bond acceptors (Lipinski definition) is 11. The zero-order chi connectivity index (χ0) is 69.2. The van der Waals surface area contributed by atoms with Crippen molar-refractivity contribution in [3.05, 3.63) is 46.9 Å². The van der Waals surface area contributed by atoms with Crippen LogP contribution in [0.1, 0.15) is 251 Å². The SMILES string of the molecule is C=C1CCC2[C@H](O)C([C@@]3(C)CC[C@H](O)C[C@@H]3CCN)CC[C@]12C.C=C1CCC2[C@H](O)C([C@@]3(C)CC[C@H](O[Si](C)(C)C(C)(C)C)C[C@@H]3CCN)CC[C@]12C.C=C1CCC2[C@H](OC(C)=O)C([C@@]3(C)CC[C@H](O[Si](C)(C)C(C)(C)C)C[C@@H]3CCN=[N+]=[N-])CC[C@]12C.CC(=O)O. The number of allylic oxidation sites excluding steroid dienone is 3. The number of nitrogens with two attached hydrogens (primary N) is 2. The molecule has 0 aromatic rings. The number of hydrogen-bond donors (Lipinski definition) is 6. The minimum absolute atomic E-state index is 0.0175. The van der Waals surface area contributed by atoms with Gasteiger partial charge < -0.3 is 45.5 Å². The van der Waals surface area contributed by atoms with Crippen LogP contribution in [0.25, 0.3) is 10.4 Å². The van der Waals surface area contributed by atoms with Crippen LogP contribution in [-0.4, -0.2) is 105 Å². The van der Waals surface area contributed by atoms with E-state index in [1.54, 1.807) is 6.92 Å². The molecule has 0 aliphatic heterocycles. The van der Waals surface area contributed by atoms with Crippen LogP contribution in [0.3, 0.4) is 0 Å². The molecule has 0 aromatic carbocycles. The van der Waals surface area contributed by atoms with Crippen molar-refractivity contribution in [3.8, 4) is 0 Å². The number of aliphatic hydroxyl groups excluding tert-OH is 3. The summed E-state index contributed by atoms with van der Waals surface area (Å²) in [7, 11) is -3.65. The Hall–Kier alpha value is -2.38. The maximum absolute atomic E-state index is 12.3. The highest BCUT2D eigenvalue weighted by Crippen LogP contribution is 2.66. The number of fused-ring (bicyclic) bond motifs is 3. The number of carboxylic acids is 1. The number of aliphatic hydroxyl groups is 3. The number of esters is 1. The van der Waals surface area contributed by atoms with E-state index in [9.17, 15) is 20.1 Å². The van der Waals surface area contributed by atoms with Crippen LogP contribution in [0, 0.1) is 85.8 Å². The fourth-order valence-corrected chi connectivity index (χ4v) is 23.3. The van der Waals surface area contributed by atoms with Gasteiger partial charge in [0, 0.05) is 49.3 Å². The zero-order valence-electron chi connectivity index (χ0n) is 61.7. The molecule has 528 valence electrons. The molecule has 9 saturated carbocycles. The predicted octanol–water partition coefficient (Wildman–Crippen LogP) is 17.8. The van der Waals surface area contributed by atoms with Gasteiger partial charge in [0.2, 0.25) is 0 Å². The van der Waals surface area contributed by atoms with Crippen molar-refractivity contribution in [2.45, 2.75) is 324 Å². The van der Waals surface area contributed by atoms with Gasteiger partial charge in [-0.1, -0.05) is 125 Å². The average molecular weight is 1320 g/mol. The molecule has 6 unspecified atom stereocenters. The summed E-state index contributed by atoms with van der Waals surface area (Å²) in [6, 6.07) is 0. The molecular formula is C76H137N5O9Si2. The number of carboxylic acid groups (broad SMARTS) is 1. The largest absolute Gasteiger partial charge is 0.481 e. The van der Waals surface area contributed by atoms with Gasteiger partial charge in [0.1, 0.15) is 6.10 Å². The first-order valence-electron chi connectivity index (χ1n) is 36.7. The van der Waals surface area contributed by atoms with Crippen LogP contribution in [0.15, 0.2) is 41.6 Å². The summed E-state index contributed by atoms with van der Waals surface area (Å²) in [4.78, 5) is 24.3. The molecule has 9 fully saturated rings. The van der Waals surface area contributed by atoms with Crippen molar-refractivity contribution in [2.75, 3.05) is 19.6 Å². The summed E-state index contributed by atoms with van der Waals surface area (Å²) >= 11 is 0. The highest BCUT2D eigenvalue weighted by Gasteiger charge is 2.61. The summed E-state index contributed by atoms with van der Waals surface area (Å²) in [5.41, 5.74) is 25.6. The molecule has 0 bridgehead atoms. The van der Waals surface area contributed by atoms with Crippen LogP contribution in [0.5, 0.6) is 0 Å². The van der Waals surface area contributed by atoms with Gasteiger partial charge >= 0.3 is 5.97 Å². The van der Waals surface area contributed by atoms with Crippen molar-refractivity contribution in [1.82, 2.24) is 0 Å². The lowest BCUT2D eigenvalue weighted by molar-refractivity contribution is -0.173. The van der Waals surface area contributed by atoms with Gasteiger partial charge in [0.25, 0.3) is 5.97 Å². The Morgan fingerprint density at radius 2 is 0.902 bits per heavy atom. The lowest BCUT2D eigenvalue weighted by Crippen LogP contribution is -2.55. The standard InChI is InChI=1S/C28H49N3O3Si.C26H49NO2Si.C20H35NO2.C2H4O2/c1-19-10-11-23-25(33-20(2)32)24(13-16-27(19,23)6)28(7)15-12-22(18-21(28)14-17-30-31-29)34-35(8,9)26(3,4)5;1-18-9-10-21-23(28)22(12-15-25(18,21)5)26(6)14-11-20(17-19(26)13-16-27)29-30(7,8)24(2,3)4;1-13-4-5-16-18(23)17(7-10-19(13,16)2)20(3)9-6-15(22)12-14(20)8-11-21;1-2(3)4/h21-25H,1,10-18H2,2-9H3;19-23,28H,1,9-17,27H2,2-8H3;14-18,22-23H,1,4-12,21H2,2-3H3;1H3,(H,3,4)/t21-,22-,23?,24?,25-,27+,28-;19-,20-,21?,22?,23-,25+,26-;14-,15-,16?,17?,18-,19+,20-;/m000./s1. The Kier molecular flexibility index (Phi) is 26.0. The topological polar surface area (TPSA) is 244 Å². The van der Waals surface area contributed by atoms with Crippen molar-refractivity contribution in [2.24, 2.45) is 102 Å². The molecule has 0 saturated heterocycles. The van der Waals surface area contributed by atoms with E-state index in [4.69, 9.17) is 40.5 Å². The van der Waals surface area contributed by atoms with Crippen molar-refractivity contribution >= 4 is 28.6 Å². The Morgan fingerprint density at radius 3 is 1.28 bits per heavy atom. The highest BCUT2D eigenvalue weighted by atomic mass is 28.4. The molecule has 0 radical (unpaired) electrons. The highest BCUT2D eigenvalue weighted by molar-refractivity contribution is 6.74. The van der Waals surface area contributed by atoms with Crippen molar-refractivity contribution in [1.29, 1.82) is 0 Å². The molecule has 16 heteroatoms. The lowest BCUT2D eigenvalue weighted by atomic mass is 9.51. The first-order valence-corrected chi connectivity index (χ1v) is 42.5. The van der Waals surface area contributed by atoms with Gasteiger partial charge in [0.15, 0.2) is 16.6 Å². The zero-order valence-corrected chi connectivity index (χ0v) is 63.7. The first kappa shape index (κ1) is 78.6. The molecule has 0 heterocycles. The smallest absolute Gasteiger partial charge is 0.302 e. The lowest BCUT2D eigenvalue weighted by Gasteiger charge is -2.57. The minimum Gasteiger partial charge on any atom is -0.481 e. The molecule has 9 aliphatic carbocycles. The van der Waals surface area contributed by atoms with E-state index >= 15 is 0 Å². The molecule has 0 spiro atoms. The van der Waals surface area contributed by atoms with Gasteiger partial charge in [-0.3, -0.25) is 9.59 Å². The van der Waals surface area contributed by atoms with Gasteiger partial charge in [-0.05, 0) is 283 Å². The Balaban J connectivity index is 0.000000216. The summed E-state index contributed by atoms with van der Waals surface area (Å²) in [5.74, 6) is 2.47. The second kappa shape index (κ2) is 30.4. The van der Waals surface area contributed by atoms with Crippen LogP contribution < -0.4 is 11.5 Å². The molecular weight excluding hydrogens is 1180 g/mol. The number of nitrogens with zero attached hydrogens (tertiary/aromatic N) is 3. The Labute approximate surface area is 562 Å².